The van der Waals surface area contributed by atoms with E-state index in [1.54, 1.807) is 23.0 Å². The Morgan fingerprint density at radius 2 is 2.00 bits per heavy atom. The first-order valence-corrected chi connectivity index (χ1v) is 8.48. The molecule has 0 atom stereocenters. The fraction of sp³-hybridized carbons (Fsp3) is 0.0588. The molecule has 0 bridgehead atoms. The van der Waals surface area contributed by atoms with E-state index in [0.29, 0.717) is 39.4 Å². The smallest absolute Gasteiger partial charge is 0.277 e. The number of carbonyl (C=O) groups is 1. The molecule has 4 aromatic heterocycles. The van der Waals surface area contributed by atoms with Crippen molar-refractivity contribution >= 4 is 34.8 Å². The van der Waals surface area contributed by atoms with Crippen molar-refractivity contribution in [3.05, 3.63) is 70.6 Å². The van der Waals surface area contributed by atoms with Gasteiger partial charge in [-0.25, -0.2) is 0 Å². The summed E-state index contributed by atoms with van der Waals surface area (Å²) in [6.07, 6.45) is 7.69. The minimum Gasteiger partial charge on any atom is -0.461 e. The highest BCUT2D eigenvalue weighted by molar-refractivity contribution is 6.35. The quantitative estimate of drug-likeness (QED) is 0.537. The summed E-state index contributed by atoms with van der Waals surface area (Å²) >= 11 is 12.2. The molecule has 4 aromatic rings. The van der Waals surface area contributed by atoms with Crippen molar-refractivity contribution in [2.75, 3.05) is 5.32 Å². The summed E-state index contributed by atoms with van der Waals surface area (Å²) in [4.78, 5) is 16.2. The van der Waals surface area contributed by atoms with Crippen molar-refractivity contribution in [1.82, 2.24) is 19.9 Å². The van der Waals surface area contributed by atoms with Crippen LogP contribution in [0.4, 0.5) is 5.69 Å². The molecule has 0 aliphatic carbocycles. The highest BCUT2D eigenvalue weighted by atomic mass is 35.5. The molecule has 1 N–H and O–H groups in total. The predicted molar refractivity (Wildman–Crippen MR) is 97.7 cm³/mol. The van der Waals surface area contributed by atoms with Gasteiger partial charge in [0.25, 0.3) is 5.91 Å². The highest BCUT2D eigenvalue weighted by Crippen LogP contribution is 2.24. The first kappa shape index (κ1) is 17.3. The Bertz CT molecular complexity index is 1070. The van der Waals surface area contributed by atoms with Gasteiger partial charge in [-0.15, -0.1) is 0 Å². The summed E-state index contributed by atoms with van der Waals surface area (Å²) < 4.78 is 11.9. The molecule has 8 nitrogen and oxygen atoms in total. The Kier molecular flexibility index (Phi) is 4.66. The topological polar surface area (TPSA) is 99.0 Å². The lowest BCUT2D eigenvalue weighted by molar-refractivity contribution is 0.101. The van der Waals surface area contributed by atoms with Gasteiger partial charge in [-0.3, -0.25) is 14.5 Å². The number of furan rings is 1. The molecule has 4 heterocycles. The third-order valence-electron chi connectivity index (χ3n) is 3.67. The van der Waals surface area contributed by atoms with Gasteiger partial charge in [-0.2, -0.15) is 5.10 Å². The van der Waals surface area contributed by atoms with Crippen molar-refractivity contribution in [3.8, 4) is 11.5 Å². The van der Waals surface area contributed by atoms with E-state index in [1.807, 2.05) is 0 Å². The maximum atomic E-state index is 12.3. The third-order valence-corrected chi connectivity index (χ3v) is 4.32. The minimum atomic E-state index is -0.434. The molecule has 136 valence electrons. The number of amides is 1. The van der Waals surface area contributed by atoms with E-state index >= 15 is 0 Å². The number of hydrogen-bond donors (Lipinski definition) is 1. The van der Waals surface area contributed by atoms with Crippen LogP contribution in [0.15, 0.2) is 58.2 Å². The largest absolute Gasteiger partial charge is 0.461 e. The first-order chi connectivity index (χ1) is 13.1. The maximum absolute atomic E-state index is 12.3. The fourth-order valence-electron chi connectivity index (χ4n) is 2.38. The molecule has 0 fully saturated rings. The number of anilines is 1. The summed E-state index contributed by atoms with van der Waals surface area (Å²) in [5.41, 5.74) is 1.30. The molecule has 0 unspecified atom stereocenters. The molecular formula is C17H11Cl2N5O3. The van der Waals surface area contributed by atoms with Crippen LogP contribution in [0, 0.1) is 0 Å². The number of carbonyl (C=O) groups excluding carboxylic acids is 1. The van der Waals surface area contributed by atoms with Gasteiger partial charge in [-0.05, 0) is 12.1 Å². The van der Waals surface area contributed by atoms with Crippen LogP contribution in [0.2, 0.25) is 10.0 Å². The average Bonchev–Trinajstić information content (AvgIpc) is 3.38. The Morgan fingerprint density at radius 1 is 1.19 bits per heavy atom. The zero-order chi connectivity index (χ0) is 18.8. The molecule has 0 radical (unpaired) electrons. The van der Waals surface area contributed by atoms with Gasteiger partial charge >= 0.3 is 0 Å². The van der Waals surface area contributed by atoms with E-state index in [0.717, 1.165) is 0 Å². The van der Waals surface area contributed by atoms with Crippen LogP contribution in [0.5, 0.6) is 0 Å². The number of nitrogens with zero attached hydrogens (tertiary/aromatic N) is 4. The van der Waals surface area contributed by atoms with Crippen molar-refractivity contribution < 1.29 is 13.7 Å². The number of pyridine rings is 1. The molecule has 10 heteroatoms. The summed E-state index contributed by atoms with van der Waals surface area (Å²) in [7, 11) is 0. The lowest BCUT2D eigenvalue weighted by Gasteiger charge is -2.06. The van der Waals surface area contributed by atoms with Gasteiger partial charge in [0.05, 0.1) is 34.7 Å². The molecule has 0 spiro atoms. The van der Waals surface area contributed by atoms with Crippen LogP contribution >= 0.6 is 23.2 Å². The van der Waals surface area contributed by atoms with Crippen LogP contribution < -0.4 is 5.32 Å². The Hall–Kier alpha value is -3.10. The Balaban J connectivity index is 1.45. The fourth-order valence-corrected chi connectivity index (χ4v) is 2.86. The van der Waals surface area contributed by atoms with Crippen LogP contribution in [-0.4, -0.2) is 25.8 Å². The number of halogens is 2. The number of aromatic nitrogens is 4. The van der Waals surface area contributed by atoms with Crippen LogP contribution in [0.3, 0.4) is 0 Å². The molecule has 1 amide bonds. The maximum Gasteiger partial charge on any atom is 0.277 e. The molecule has 0 aliphatic heterocycles. The lowest BCUT2D eigenvalue weighted by atomic mass is 10.2. The van der Waals surface area contributed by atoms with E-state index < -0.39 is 5.91 Å². The minimum absolute atomic E-state index is 0.120. The second-order valence-corrected chi connectivity index (χ2v) is 6.33. The van der Waals surface area contributed by atoms with E-state index in [9.17, 15) is 4.79 Å². The van der Waals surface area contributed by atoms with Crippen molar-refractivity contribution in [2.45, 2.75) is 6.54 Å². The average molecular weight is 404 g/mol. The van der Waals surface area contributed by atoms with E-state index in [4.69, 9.17) is 32.1 Å². The van der Waals surface area contributed by atoms with Gasteiger partial charge in [0.15, 0.2) is 11.5 Å². The van der Waals surface area contributed by atoms with Crippen molar-refractivity contribution in [3.63, 3.8) is 0 Å². The van der Waals surface area contributed by atoms with Crippen LogP contribution in [-0.2, 0) is 6.54 Å². The summed E-state index contributed by atoms with van der Waals surface area (Å²) in [6, 6.07) is 4.92. The molecular weight excluding hydrogens is 393 g/mol. The Labute approximate surface area is 162 Å². The van der Waals surface area contributed by atoms with E-state index in [-0.39, 0.29) is 5.69 Å². The monoisotopic (exact) mass is 403 g/mol. The van der Waals surface area contributed by atoms with Gasteiger partial charge in [0.2, 0.25) is 5.76 Å². The normalized spacial score (nSPS) is 10.9. The molecule has 4 rings (SSSR count). The summed E-state index contributed by atoms with van der Waals surface area (Å²) in [6.45, 7) is 0.336. The SMILES string of the molecule is O=C(Nc1cnn(Cc2c(Cl)cncc2Cl)c1)c1cc(-c2ccco2)on1. The van der Waals surface area contributed by atoms with Gasteiger partial charge < -0.3 is 14.3 Å². The van der Waals surface area contributed by atoms with Crippen LogP contribution in [0.1, 0.15) is 16.1 Å². The molecule has 0 saturated carbocycles. The number of rotatable bonds is 5. The van der Waals surface area contributed by atoms with Gasteiger partial charge in [-0.1, -0.05) is 28.4 Å². The van der Waals surface area contributed by atoms with Crippen molar-refractivity contribution in [2.24, 2.45) is 0 Å². The van der Waals surface area contributed by atoms with Crippen LogP contribution in [0.25, 0.3) is 11.5 Å². The zero-order valence-corrected chi connectivity index (χ0v) is 15.1. The highest BCUT2D eigenvalue weighted by Gasteiger charge is 2.16. The zero-order valence-electron chi connectivity index (χ0n) is 13.6. The predicted octanol–water partition coefficient (Wildman–Crippen LogP) is 4.13. The first-order valence-electron chi connectivity index (χ1n) is 7.72. The molecule has 0 aromatic carbocycles. The summed E-state index contributed by atoms with van der Waals surface area (Å²) in [5, 5.41) is 11.5. The van der Waals surface area contributed by atoms with E-state index in [2.05, 4.69) is 20.6 Å². The molecule has 0 saturated heterocycles. The second kappa shape index (κ2) is 7.26. The van der Waals surface area contributed by atoms with Crippen molar-refractivity contribution in [1.29, 1.82) is 0 Å². The standard InChI is InChI=1S/C17H11Cl2N5O3/c18-12-6-20-7-13(19)11(12)9-24-8-10(5-21-24)22-17(25)14-4-16(27-23-14)15-2-1-3-26-15/h1-8H,9H2,(H,22,25). The molecule has 0 aliphatic rings. The Morgan fingerprint density at radius 3 is 2.74 bits per heavy atom. The van der Waals surface area contributed by atoms with E-state index in [1.165, 1.54) is 30.9 Å². The lowest BCUT2D eigenvalue weighted by Crippen LogP contribution is -2.11. The molecule has 27 heavy (non-hydrogen) atoms. The summed E-state index contributed by atoms with van der Waals surface area (Å²) in [5.74, 6) is 0.416. The number of hydrogen-bond acceptors (Lipinski definition) is 6. The third kappa shape index (κ3) is 3.71. The van der Waals surface area contributed by atoms with Gasteiger partial charge in [0.1, 0.15) is 0 Å². The second-order valence-electron chi connectivity index (χ2n) is 5.52. The number of nitrogens with one attached hydrogen (secondary N) is 1. The van der Waals surface area contributed by atoms with Gasteiger partial charge in [0, 0.05) is 30.2 Å².